The average molecular weight is 304 g/mol. The number of benzene rings is 1. The second-order valence-electron chi connectivity index (χ2n) is 5.38. The summed E-state index contributed by atoms with van der Waals surface area (Å²) in [5.41, 5.74) is 0.555. The molecular weight excluding hydrogens is 287 g/mol. The van der Waals surface area contributed by atoms with Crippen molar-refractivity contribution in [3.8, 4) is 5.69 Å². The second-order valence-corrected chi connectivity index (χ2v) is 5.38. The van der Waals surface area contributed by atoms with Gasteiger partial charge < -0.3 is 10.1 Å². The maximum atomic E-state index is 14.1. The molecule has 2 atom stereocenters. The minimum atomic E-state index is -0.514. The molecule has 0 radical (unpaired) electrons. The summed E-state index contributed by atoms with van der Waals surface area (Å²) >= 11 is 0. The number of carbonyl (C=O) groups is 1. The van der Waals surface area contributed by atoms with Crippen molar-refractivity contribution in [3.63, 3.8) is 0 Å². The zero-order chi connectivity index (χ0) is 15.5. The van der Waals surface area contributed by atoms with Gasteiger partial charge in [-0.05, 0) is 31.0 Å². The molecule has 0 bridgehead atoms. The van der Waals surface area contributed by atoms with Crippen molar-refractivity contribution in [2.45, 2.75) is 18.9 Å². The zero-order valence-electron chi connectivity index (χ0n) is 12.2. The third-order valence-electron chi connectivity index (χ3n) is 3.99. The van der Waals surface area contributed by atoms with Crippen molar-refractivity contribution in [2.75, 3.05) is 13.7 Å². The Morgan fingerprint density at radius 2 is 2.36 bits per heavy atom. The Balaban J connectivity index is 1.70. The number of aromatic nitrogens is 3. The first kappa shape index (κ1) is 14.6. The maximum Gasteiger partial charge on any atom is 0.251 e. The Morgan fingerprint density at radius 3 is 2.95 bits per heavy atom. The first-order valence-electron chi connectivity index (χ1n) is 7.13. The van der Waals surface area contributed by atoms with Crippen molar-refractivity contribution < 1.29 is 13.9 Å². The average Bonchev–Trinajstić information content (AvgIpc) is 3.03. The topological polar surface area (TPSA) is 69.0 Å². The molecule has 0 unspecified atom stereocenters. The quantitative estimate of drug-likeness (QED) is 0.910. The number of hydrogen-bond donors (Lipinski definition) is 1. The fraction of sp³-hybridized carbons (Fsp3) is 0.400. The molecule has 2 aromatic rings. The number of halogens is 1. The van der Waals surface area contributed by atoms with Gasteiger partial charge in [0.2, 0.25) is 0 Å². The largest absolute Gasteiger partial charge is 0.384 e. The van der Waals surface area contributed by atoms with Crippen molar-refractivity contribution in [3.05, 3.63) is 42.2 Å². The third-order valence-corrected chi connectivity index (χ3v) is 3.99. The third kappa shape index (κ3) is 2.85. The van der Waals surface area contributed by atoms with Gasteiger partial charge in [-0.3, -0.25) is 4.79 Å². The highest BCUT2D eigenvalue weighted by molar-refractivity contribution is 5.94. The maximum absolute atomic E-state index is 14.1. The molecule has 22 heavy (non-hydrogen) atoms. The number of ether oxygens (including phenoxy) is 1. The highest BCUT2D eigenvalue weighted by atomic mass is 19.1. The van der Waals surface area contributed by atoms with Gasteiger partial charge in [0, 0.05) is 24.6 Å². The molecule has 1 N–H and O–H groups in total. The summed E-state index contributed by atoms with van der Waals surface area (Å²) in [6.45, 7) is 0.630. The molecule has 7 heteroatoms. The van der Waals surface area contributed by atoms with E-state index in [-0.39, 0.29) is 17.6 Å². The minimum Gasteiger partial charge on any atom is -0.384 e. The summed E-state index contributed by atoms with van der Waals surface area (Å²) < 4.78 is 20.5. The van der Waals surface area contributed by atoms with Crippen molar-refractivity contribution >= 4 is 5.91 Å². The van der Waals surface area contributed by atoms with Crippen LogP contribution in [0.5, 0.6) is 0 Å². The van der Waals surface area contributed by atoms with Crippen LogP contribution >= 0.6 is 0 Å². The van der Waals surface area contributed by atoms with E-state index in [4.69, 9.17) is 4.74 Å². The molecule has 1 aromatic carbocycles. The van der Waals surface area contributed by atoms with E-state index < -0.39 is 5.82 Å². The van der Waals surface area contributed by atoms with Crippen LogP contribution in [0.4, 0.5) is 4.39 Å². The van der Waals surface area contributed by atoms with Gasteiger partial charge in [-0.2, -0.15) is 5.10 Å². The Kier molecular flexibility index (Phi) is 4.15. The van der Waals surface area contributed by atoms with Gasteiger partial charge in [-0.1, -0.05) is 0 Å². The molecule has 1 aliphatic carbocycles. The lowest BCUT2D eigenvalue weighted by molar-refractivity contribution is 0.0670. The number of amides is 1. The standard InChI is InChI=1S/C15H17FN4O2/c1-22-7-11-2-4-13(11)19-15(21)10-3-5-14(12(16)6-10)20-9-17-8-18-20/h3,5-6,8-9,11,13H,2,4,7H2,1H3,(H,19,21)/t11-,13-/m1/s1. The van der Waals surface area contributed by atoms with Crippen LogP contribution in [-0.2, 0) is 4.74 Å². The van der Waals surface area contributed by atoms with Crippen LogP contribution in [0.3, 0.4) is 0 Å². The van der Waals surface area contributed by atoms with Gasteiger partial charge in [-0.15, -0.1) is 0 Å². The first-order chi connectivity index (χ1) is 10.7. The highest BCUT2D eigenvalue weighted by Crippen LogP contribution is 2.27. The summed E-state index contributed by atoms with van der Waals surface area (Å²) in [5, 5.41) is 6.80. The molecule has 3 rings (SSSR count). The van der Waals surface area contributed by atoms with E-state index in [2.05, 4.69) is 15.4 Å². The van der Waals surface area contributed by atoms with Crippen molar-refractivity contribution in [1.82, 2.24) is 20.1 Å². The van der Waals surface area contributed by atoms with Crippen LogP contribution in [-0.4, -0.2) is 40.4 Å². The Hall–Kier alpha value is -2.28. The van der Waals surface area contributed by atoms with Crippen LogP contribution in [0.2, 0.25) is 0 Å². The second kappa shape index (κ2) is 6.23. The Labute approximate surface area is 127 Å². The van der Waals surface area contributed by atoms with Gasteiger partial charge in [0.15, 0.2) is 0 Å². The van der Waals surface area contributed by atoms with Crippen LogP contribution < -0.4 is 5.32 Å². The lowest BCUT2D eigenvalue weighted by Gasteiger charge is -2.36. The molecule has 1 saturated carbocycles. The Morgan fingerprint density at radius 1 is 1.50 bits per heavy atom. The molecule has 0 spiro atoms. The van der Waals surface area contributed by atoms with Gasteiger partial charge >= 0.3 is 0 Å². The van der Waals surface area contributed by atoms with E-state index in [0.29, 0.717) is 18.1 Å². The van der Waals surface area contributed by atoms with E-state index in [0.717, 1.165) is 12.8 Å². The fourth-order valence-electron chi connectivity index (χ4n) is 2.59. The summed E-state index contributed by atoms with van der Waals surface area (Å²) in [6, 6.07) is 4.42. The SMILES string of the molecule is COC[C@H]1CC[C@H]1NC(=O)c1ccc(-n2cncn2)c(F)c1. The van der Waals surface area contributed by atoms with E-state index in [1.807, 2.05) is 0 Å². The minimum absolute atomic E-state index is 0.102. The molecule has 6 nitrogen and oxygen atoms in total. The van der Waals surface area contributed by atoms with Crippen molar-refractivity contribution in [1.29, 1.82) is 0 Å². The molecule has 1 aromatic heterocycles. The fourth-order valence-corrected chi connectivity index (χ4v) is 2.59. The van der Waals surface area contributed by atoms with E-state index in [1.54, 1.807) is 13.2 Å². The predicted molar refractivity (Wildman–Crippen MR) is 77.2 cm³/mol. The number of rotatable bonds is 5. The van der Waals surface area contributed by atoms with Gasteiger partial charge in [-0.25, -0.2) is 14.1 Å². The van der Waals surface area contributed by atoms with Gasteiger partial charge in [0.05, 0.1) is 6.61 Å². The number of nitrogens with one attached hydrogen (secondary N) is 1. The van der Waals surface area contributed by atoms with Crippen LogP contribution in [0.25, 0.3) is 5.69 Å². The van der Waals surface area contributed by atoms with Gasteiger partial charge in [0.1, 0.15) is 24.2 Å². The summed E-state index contributed by atoms with van der Waals surface area (Å²) in [7, 11) is 1.65. The lowest BCUT2D eigenvalue weighted by Crippen LogP contribution is -2.48. The summed E-state index contributed by atoms with van der Waals surface area (Å²) in [6.07, 6.45) is 4.70. The first-order valence-corrected chi connectivity index (χ1v) is 7.13. The van der Waals surface area contributed by atoms with Gasteiger partial charge in [0.25, 0.3) is 5.91 Å². The van der Waals surface area contributed by atoms with E-state index >= 15 is 0 Å². The van der Waals surface area contributed by atoms with Crippen molar-refractivity contribution in [2.24, 2.45) is 5.92 Å². The monoisotopic (exact) mass is 304 g/mol. The smallest absolute Gasteiger partial charge is 0.251 e. The van der Waals surface area contributed by atoms with E-state index in [1.165, 1.54) is 29.5 Å². The molecule has 1 heterocycles. The number of carbonyl (C=O) groups excluding carboxylic acids is 1. The normalized spacial score (nSPS) is 20.5. The molecular formula is C15H17FN4O2. The molecule has 116 valence electrons. The number of hydrogen-bond acceptors (Lipinski definition) is 4. The van der Waals surface area contributed by atoms with E-state index in [9.17, 15) is 9.18 Å². The molecule has 1 fully saturated rings. The molecule has 1 aliphatic rings. The summed E-state index contributed by atoms with van der Waals surface area (Å²) in [5.74, 6) is -0.441. The predicted octanol–water partition coefficient (Wildman–Crippen LogP) is 1.56. The Bertz CT molecular complexity index is 660. The van der Waals surface area contributed by atoms with Crippen LogP contribution in [0, 0.1) is 11.7 Å². The van der Waals surface area contributed by atoms with Crippen LogP contribution in [0.1, 0.15) is 23.2 Å². The molecule has 1 amide bonds. The number of methoxy groups -OCH3 is 1. The zero-order valence-corrected chi connectivity index (χ0v) is 12.2. The van der Waals surface area contributed by atoms with Crippen LogP contribution in [0.15, 0.2) is 30.9 Å². The lowest BCUT2D eigenvalue weighted by atomic mass is 9.80. The number of nitrogens with zero attached hydrogens (tertiary/aromatic N) is 3. The highest BCUT2D eigenvalue weighted by Gasteiger charge is 2.32. The molecule has 0 aliphatic heterocycles. The summed E-state index contributed by atoms with van der Waals surface area (Å²) in [4.78, 5) is 16.0. The molecule has 0 saturated heterocycles.